The number of carbonyl (C=O) groups is 2. The Morgan fingerprint density at radius 1 is 1.07 bits per heavy atom. The summed E-state index contributed by atoms with van der Waals surface area (Å²) in [4.78, 5) is 29.1. The Morgan fingerprint density at radius 2 is 1.82 bits per heavy atom. The Balaban J connectivity index is 1.59. The molecule has 3 aromatic rings. The molecule has 4 rings (SSSR count). The number of aryl methyl sites for hydroxylation is 1. The van der Waals surface area contributed by atoms with Gasteiger partial charge in [-0.15, -0.1) is 0 Å². The summed E-state index contributed by atoms with van der Waals surface area (Å²) in [5.41, 5.74) is 4.73. The molecular weight excluding hydrogens is 352 g/mol. The van der Waals surface area contributed by atoms with Crippen molar-refractivity contribution >= 4 is 23.2 Å². The van der Waals surface area contributed by atoms with Gasteiger partial charge in [0.05, 0.1) is 24.5 Å². The fraction of sp³-hybridized carbons (Fsp3) is 0.136. The molecule has 2 amide bonds. The normalized spacial score (nSPS) is 15.0. The number of para-hydroxylation sites is 1. The maximum absolute atomic E-state index is 12.6. The van der Waals surface area contributed by atoms with Crippen LogP contribution in [-0.4, -0.2) is 23.3 Å². The lowest BCUT2D eigenvalue weighted by Crippen LogP contribution is -2.32. The van der Waals surface area contributed by atoms with Gasteiger partial charge in [0.1, 0.15) is 0 Å². The summed E-state index contributed by atoms with van der Waals surface area (Å²) in [6.07, 6.45) is 3.35. The van der Waals surface area contributed by atoms with Gasteiger partial charge in [0.25, 0.3) is 5.91 Å². The summed E-state index contributed by atoms with van der Waals surface area (Å²) in [5, 5.41) is 9.11. The van der Waals surface area contributed by atoms with Gasteiger partial charge >= 0.3 is 0 Å². The van der Waals surface area contributed by atoms with Gasteiger partial charge in [-0.3, -0.25) is 19.9 Å². The largest absolute Gasteiger partial charge is 0.324 e. The highest BCUT2D eigenvalue weighted by Crippen LogP contribution is 2.33. The smallest absolute Gasteiger partial charge is 0.256 e. The zero-order valence-electron chi connectivity index (χ0n) is 15.4. The van der Waals surface area contributed by atoms with E-state index in [9.17, 15) is 9.59 Å². The fourth-order valence-corrected chi connectivity index (χ4v) is 3.42. The number of rotatable bonds is 4. The molecule has 1 atom stereocenters. The molecule has 0 bridgehead atoms. The molecule has 0 saturated carbocycles. The summed E-state index contributed by atoms with van der Waals surface area (Å²) in [7, 11) is 0. The third kappa shape index (κ3) is 3.63. The highest BCUT2D eigenvalue weighted by molar-refractivity contribution is 6.07. The molecule has 1 unspecified atom stereocenters. The van der Waals surface area contributed by atoms with Crippen molar-refractivity contribution < 1.29 is 9.59 Å². The summed E-state index contributed by atoms with van der Waals surface area (Å²) in [6, 6.07) is 16.6. The minimum atomic E-state index is -0.285. The molecule has 1 aliphatic heterocycles. The average molecular weight is 372 g/mol. The monoisotopic (exact) mass is 372 g/mol. The van der Waals surface area contributed by atoms with E-state index in [0.29, 0.717) is 11.3 Å². The number of nitrogens with zero attached hydrogens (tertiary/aromatic N) is 1. The topological polar surface area (TPSA) is 83.1 Å². The van der Waals surface area contributed by atoms with Crippen LogP contribution in [0.2, 0.25) is 0 Å². The number of benzene rings is 2. The lowest BCUT2D eigenvalue weighted by atomic mass is 9.95. The van der Waals surface area contributed by atoms with E-state index in [1.807, 2.05) is 55.5 Å². The van der Waals surface area contributed by atoms with Crippen LogP contribution >= 0.6 is 0 Å². The minimum Gasteiger partial charge on any atom is -0.324 e. The van der Waals surface area contributed by atoms with Crippen molar-refractivity contribution in [2.45, 2.75) is 13.0 Å². The average Bonchev–Trinajstić information content (AvgIpc) is 2.81. The number of pyridine rings is 1. The molecule has 140 valence electrons. The molecule has 0 aliphatic carbocycles. The molecule has 0 saturated heterocycles. The van der Waals surface area contributed by atoms with E-state index >= 15 is 0 Å². The Bertz CT molecular complexity index is 1050. The second-order valence-corrected chi connectivity index (χ2v) is 6.74. The minimum absolute atomic E-state index is 0.0927. The first-order valence-corrected chi connectivity index (χ1v) is 9.06. The summed E-state index contributed by atoms with van der Waals surface area (Å²) in [5.74, 6) is -0.325. The van der Waals surface area contributed by atoms with Crippen LogP contribution in [0, 0.1) is 6.92 Å². The number of aromatic nitrogens is 1. The zero-order chi connectivity index (χ0) is 19.5. The van der Waals surface area contributed by atoms with Crippen molar-refractivity contribution in [3.05, 3.63) is 89.2 Å². The molecule has 6 nitrogen and oxygen atoms in total. The van der Waals surface area contributed by atoms with Crippen LogP contribution in [0.15, 0.2) is 67.0 Å². The molecule has 0 fully saturated rings. The molecule has 2 heterocycles. The van der Waals surface area contributed by atoms with Crippen molar-refractivity contribution in [3.63, 3.8) is 0 Å². The molecule has 28 heavy (non-hydrogen) atoms. The first-order valence-electron chi connectivity index (χ1n) is 9.06. The fourth-order valence-electron chi connectivity index (χ4n) is 3.42. The van der Waals surface area contributed by atoms with E-state index in [1.165, 1.54) is 0 Å². The quantitative estimate of drug-likeness (QED) is 0.656. The second-order valence-electron chi connectivity index (χ2n) is 6.74. The van der Waals surface area contributed by atoms with E-state index < -0.39 is 0 Å². The Morgan fingerprint density at radius 3 is 2.64 bits per heavy atom. The van der Waals surface area contributed by atoms with Crippen molar-refractivity contribution in [1.29, 1.82) is 0 Å². The molecule has 1 aliphatic rings. The summed E-state index contributed by atoms with van der Waals surface area (Å²) in [6.45, 7) is 2.01. The molecule has 2 aromatic carbocycles. The number of fused-ring (bicyclic) bond motifs is 2. The van der Waals surface area contributed by atoms with E-state index in [1.54, 1.807) is 18.5 Å². The van der Waals surface area contributed by atoms with Crippen molar-refractivity contribution in [2.24, 2.45) is 0 Å². The standard InChI is InChI=1S/C22H20N4O2/c1-14-10-15(12-23-11-14)25-20(27)13-24-21-16-6-2-3-7-17(16)22(28)26-19-9-5-4-8-18(19)21/h2-12,21,24H,13H2,1H3,(H,25,27)(H,26,28). The van der Waals surface area contributed by atoms with Gasteiger partial charge in [-0.2, -0.15) is 0 Å². The lowest BCUT2D eigenvalue weighted by molar-refractivity contribution is -0.115. The van der Waals surface area contributed by atoms with Gasteiger partial charge < -0.3 is 10.6 Å². The maximum atomic E-state index is 12.6. The van der Waals surface area contributed by atoms with E-state index in [-0.39, 0.29) is 24.4 Å². The summed E-state index contributed by atoms with van der Waals surface area (Å²) >= 11 is 0. The summed E-state index contributed by atoms with van der Waals surface area (Å²) < 4.78 is 0. The molecule has 1 aromatic heterocycles. The van der Waals surface area contributed by atoms with Gasteiger partial charge in [0.2, 0.25) is 5.91 Å². The lowest BCUT2D eigenvalue weighted by Gasteiger charge is -2.20. The second kappa shape index (κ2) is 7.62. The molecule has 3 N–H and O–H groups in total. The molecule has 6 heteroatoms. The van der Waals surface area contributed by atoms with E-state index in [0.717, 1.165) is 22.4 Å². The van der Waals surface area contributed by atoms with E-state index in [4.69, 9.17) is 0 Å². The third-order valence-electron chi connectivity index (χ3n) is 4.66. The number of hydrogen-bond donors (Lipinski definition) is 3. The van der Waals surface area contributed by atoms with Crippen LogP contribution in [0.5, 0.6) is 0 Å². The van der Waals surface area contributed by atoms with Crippen LogP contribution in [0.1, 0.15) is 33.1 Å². The van der Waals surface area contributed by atoms with Crippen LogP contribution in [0.25, 0.3) is 0 Å². The zero-order valence-corrected chi connectivity index (χ0v) is 15.4. The highest BCUT2D eigenvalue weighted by atomic mass is 16.2. The first kappa shape index (κ1) is 17.9. The third-order valence-corrected chi connectivity index (χ3v) is 4.66. The highest BCUT2D eigenvalue weighted by Gasteiger charge is 2.27. The Labute approximate surface area is 163 Å². The number of nitrogens with one attached hydrogen (secondary N) is 3. The first-order chi connectivity index (χ1) is 13.6. The number of carbonyl (C=O) groups excluding carboxylic acids is 2. The van der Waals surface area contributed by atoms with Gasteiger partial charge in [-0.05, 0) is 41.8 Å². The molecule has 0 spiro atoms. The van der Waals surface area contributed by atoms with E-state index in [2.05, 4.69) is 20.9 Å². The Hall–Kier alpha value is -3.51. The number of anilines is 2. The van der Waals surface area contributed by atoms with Crippen LogP contribution in [-0.2, 0) is 4.79 Å². The van der Waals surface area contributed by atoms with Crippen LogP contribution in [0.4, 0.5) is 11.4 Å². The maximum Gasteiger partial charge on any atom is 0.256 e. The van der Waals surface area contributed by atoms with Crippen LogP contribution < -0.4 is 16.0 Å². The van der Waals surface area contributed by atoms with Gasteiger partial charge in [0, 0.05) is 17.4 Å². The van der Waals surface area contributed by atoms with Gasteiger partial charge in [0.15, 0.2) is 0 Å². The number of amides is 2. The number of hydrogen-bond acceptors (Lipinski definition) is 4. The molecular formula is C22H20N4O2. The SMILES string of the molecule is Cc1cncc(NC(=O)CNC2c3ccccc3NC(=O)c3ccccc32)c1. The predicted octanol–water partition coefficient (Wildman–Crippen LogP) is 3.27. The predicted molar refractivity (Wildman–Crippen MR) is 108 cm³/mol. The van der Waals surface area contributed by atoms with Crippen molar-refractivity contribution in [1.82, 2.24) is 10.3 Å². The van der Waals surface area contributed by atoms with Crippen molar-refractivity contribution in [2.75, 3.05) is 17.2 Å². The van der Waals surface area contributed by atoms with Crippen molar-refractivity contribution in [3.8, 4) is 0 Å². The Kier molecular flexibility index (Phi) is 4.87. The van der Waals surface area contributed by atoms with Gasteiger partial charge in [-0.1, -0.05) is 36.4 Å². The van der Waals surface area contributed by atoms with Gasteiger partial charge in [-0.25, -0.2) is 0 Å². The van der Waals surface area contributed by atoms with Crippen LogP contribution in [0.3, 0.4) is 0 Å². The molecule has 0 radical (unpaired) electrons.